The van der Waals surface area contributed by atoms with Crippen LogP contribution < -0.4 is 16.0 Å². The number of ether oxygens (including phenoxy) is 1. The first-order valence-corrected chi connectivity index (χ1v) is 6.67. The zero-order valence-electron chi connectivity index (χ0n) is 11.4. The number of carbonyl (C=O) groups excluding carboxylic acids is 2. The SMILES string of the molecule is CC(=O)Nc1cccc(NC(=O)NCC2CCCO2)c1. The van der Waals surface area contributed by atoms with Crippen LogP contribution in [-0.2, 0) is 9.53 Å². The Kier molecular flexibility index (Phi) is 4.95. The van der Waals surface area contributed by atoms with Crippen LogP contribution in [0.4, 0.5) is 16.2 Å². The van der Waals surface area contributed by atoms with E-state index in [1.54, 1.807) is 24.3 Å². The molecule has 1 aromatic carbocycles. The van der Waals surface area contributed by atoms with Gasteiger partial charge in [-0.1, -0.05) is 6.07 Å². The van der Waals surface area contributed by atoms with Gasteiger partial charge in [-0.2, -0.15) is 0 Å². The number of carbonyl (C=O) groups is 2. The average molecular weight is 277 g/mol. The van der Waals surface area contributed by atoms with Crippen LogP contribution in [0.1, 0.15) is 19.8 Å². The largest absolute Gasteiger partial charge is 0.376 e. The first-order valence-electron chi connectivity index (χ1n) is 6.67. The molecule has 0 radical (unpaired) electrons. The summed E-state index contributed by atoms with van der Waals surface area (Å²) in [7, 11) is 0. The molecule has 0 spiro atoms. The molecule has 1 fully saturated rings. The number of urea groups is 1. The van der Waals surface area contributed by atoms with E-state index in [4.69, 9.17) is 4.74 Å². The second-order valence-corrected chi connectivity index (χ2v) is 4.73. The van der Waals surface area contributed by atoms with Gasteiger partial charge in [0, 0.05) is 31.5 Å². The number of amides is 3. The van der Waals surface area contributed by atoms with Gasteiger partial charge in [0.1, 0.15) is 0 Å². The second kappa shape index (κ2) is 6.91. The molecule has 108 valence electrons. The lowest BCUT2D eigenvalue weighted by Crippen LogP contribution is -2.35. The van der Waals surface area contributed by atoms with Crippen molar-refractivity contribution < 1.29 is 14.3 Å². The molecule has 0 aromatic heterocycles. The van der Waals surface area contributed by atoms with Crippen molar-refractivity contribution >= 4 is 23.3 Å². The summed E-state index contributed by atoms with van der Waals surface area (Å²) in [6, 6.07) is 6.71. The molecule has 1 unspecified atom stereocenters. The number of benzene rings is 1. The minimum Gasteiger partial charge on any atom is -0.376 e. The summed E-state index contributed by atoms with van der Waals surface area (Å²) >= 11 is 0. The molecule has 1 aliphatic heterocycles. The van der Waals surface area contributed by atoms with E-state index in [1.807, 2.05) is 0 Å². The van der Waals surface area contributed by atoms with E-state index >= 15 is 0 Å². The average Bonchev–Trinajstić information content (AvgIpc) is 2.89. The highest BCUT2D eigenvalue weighted by molar-refractivity contribution is 5.92. The molecule has 1 heterocycles. The van der Waals surface area contributed by atoms with Crippen molar-refractivity contribution in [3.05, 3.63) is 24.3 Å². The predicted molar refractivity (Wildman–Crippen MR) is 76.7 cm³/mol. The summed E-state index contributed by atoms with van der Waals surface area (Å²) in [6.07, 6.45) is 2.15. The first kappa shape index (κ1) is 14.3. The predicted octanol–water partition coefficient (Wildman–Crippen LogP) is 1.95. The lowest BCUT2D eigenvalue weighted by Gasteiger charge is -2.12. The molecule has 6 nitrogen and oxygen atoms in total. The highest BCUT2D eigenvalue weighted by Gasteiger charge is 2.16. The van der Waals surface area contributed by atoms with Gasteiger partial charge < -0.3 is 20.7 Å². The lowest BCUT2D eigenvalue weighted by atomic mass is 10.2. The Labute approximate surface area is 117 Å². The molecule has 20 heavy (non-hydrogen) atoms. The molecule has 1 saturated heterocycles. The summed E-state index contributed by atoms with van der Waals surface area (Å²) in [5, 5.41) is 8.16. The summed E-state index contributed by atoms with van der Waals surface area (Å²) in [5.41, 5.74) is 1.27. The van der Waals surface area contributed by atoms with Gasteiger partial charge in [-0.25, -0.2) is 4.79 Å². The van der Waals surface area contributed by atoms with Gasteiger partial charge in [0.05, 0.1) is 6.10 Å². The van der Waals surface area contributed by atoms with Crippen molar-refractivity contribution in [1.29, 1.82) is 0 Å². The maximum atomic E-state index is 11.7. The van der Waals surface area contributed by atoms with Crippen LogP contribution in [0.2, 0.25) is 0 Å². The van der Waals surface area contributed by atoms with Crippen molar-refractivity contribution in [2.45, 2.75) is 25.9 Å². The van der Waals surface area contributed by atoms with Crippen LogP contribution in [0.25, 0.3) is 0 Å². The number of nitrogens with one attached hydrogen (secondary N) is 3. The zero-order valence-corrected chi connectivity index (χ0v) is 11.4. The molecule has 3 N–H and O–H groups in total. The Morgan fingerprint density at radius 2 is 2.05 bits per heavy atom. The molecule has 6 heteroatoms. The summed E-state index contributed by atoms with van der Waals surface area (Å²) in [4.78, 5) is 22.7. The normalized spacial score (nSPS) is 17.6. The van der Waals surface area contributed by atoms with E-state index in [0.717, 1.165) is 19.4 Å². The van der Waals surface area contributed by atoms with E-state index in [9.17, 15) is 9.59 Å². The highest BCUT2D eigenvalue weighted by atomic mass is 16.5. The summed E-state index contributed by atoms with van der Waals surface area (Å²) in [6.45, 7) is 2.72. The number of hydrogen-bond acceptors (Lipinski definition) is 3. The Balaban J connectivity index is 1.82. The third-order valence-corrected chi connectivity index (χ3v) is 2.96. The van der Waals surface area contributed by atoms with Gasteiger partial charge in [-0.3, -0.25) is 4.79 Å². The van der Waals surface area contributed by atoms with Gasteiger partial charge >= 0.3 is 6.03 Å². The fraction of sp³-hybridized carbons (Fsp3) is 0.429. The van der Waals surface area contributed by atoms with Gasteiger partial charge in [0.2, 0.25) is 5.91 Å². The van der Waals surface area contributed by atoms with Crippen LogP contribution in [0.3, 0.4) is 0 Å². The minimum absolute atomic E-state index is 0.117. The fourth-order valence-corrected chi connectivity index (χ4v) is 2.07. The molecular formula is C14H19N3O3. The molecule has 0 aliphatic carbocycles. The van der Waals surface area contributed by atoms with Crippen LogP contribution in [0, 0.1) is 0 Å². The minimum atomic E-state index is -0.277. The van der Waals surface area contributed by atoms with Crippen molar-refractivity contribution in [2.24, 2.45) is 0 Å². The first-order chi connectivity index (χ1) is 9.63. The van der Waals surface area contributed by atoms with E-state index in [1.165, 1.54) is 6.92 Å². The highest BCUT2D eigenvalue weighted by Crippen LogP contribution is 2.15. The van der Waals surface area contributed by atoms with Crippen LogP contribution in [-0.4, -0.2) is 31.2 Å². The molecular weight excluding hydrogens is 258 g/mol. The third-order valence-electron chi connectivity index (χ3n) is 2.96. The Hall–Kier alpha value is -2.08. The number of anilines is 2. The van der Waals surface area contributed by atoms with Gasteiger partial charge in [-0.05, 0) is 31.0 Å². The summed E-state index contributed by atoms with van der Waals surface area (Å²) in [5.74, 6) is -0.148. The van der Waals surface area contributed by atoms with E-state index in [0.29, 0.717) is 17.9 Å². The molecule has 3 amide bonds. The molecule has 1 aliphatic rings. The Morgan fingerprint density at radius 3 is 2.70 bits per heavy atom. The quantitative estimate of drug-likeness (QED) is 0.787. The van der Waals surface area contributed by atoms with Gasteiger partial charge in [0.25, 0.3) is 0 Å². The Morgan fingerprint density at radius 1 is 1.30 bits per heavy atom. The van der Waals surface area contributed by atoms with Gasteiger partial charge in [-0.15, -0.1) is 0 Å². The molecule has 1 aromatic rings. The maximum Gasteiger partial charge on any atom is 0.319 e. The molecule has 0 saturated carbocycles. The monoisotopic (exact) mass is 277 g/mol. The van der Waals surface area contributed by atoms with Crippen molar-refractivity contribution in [2.75, 3.05) is 23.8 Å². The van der Waals surface area contributed by atoms with Crippen LogP contribution in [0.5, 0.6) is 0 Å². The fourth-order valence-electron chi connectivity index (χ4n) is 2.07. The zero-order chi connectivity index (χ0) is 14.4. The molecule has 2 rings (SSSR count). The van der Waals surface area contributed by atoms with E-state index in [-0.39, 0.29) is 18.0 Å². The van der Waals surface area contributed by atoms with Crippen molar-refractivity contribution in [1.82, 2.24) is 5.32 Å². The lowest BCUT2D eigenvalue weighted by molar-refractivity contribution is -0.114. The smallest absolute Gasteiger partial charge is 0.319 e. The summed E-state index contributed by atoms with van der Waals surface area (Å²) < 4.78 is 5.43. The number of hydrogen-bond donors (Lipinski definition) is 3. The third kappa shape index (κ3) is 4.55. The second-order valence-electron chi connectivity index (χ2n) is 4.73. The molecule has 1 atom stereocenters. The van der Waals surface area contributed by atoms with E-state index < -0.39 is 0 Å². The standard InChI is InChI=1S/C14H19N3O3/c1-10(18)16-11-4-2-5-12(8-11)17-14(19)15-9-13-6-3-7-20-13/h2,4-5,8,13H,3,6-7,9H2,1H3,(H,16,18)(H2,15,17,19). The number of rotatable bonds is 4. The Bertz CT molecular complexity index is 484. The molecule has 0 bridgehead atoms. The van der Waals surface area contributed by atoms with Crippen molar-refractivity contribution in [3.8, 4) is 0 Å². The van der Waals surface area contributed by atoms with Crippen LogP contribution in [0.15, 0.2) is 24.3 Å². The van der Waals surface area contributed by atoms with Crippen molar-refractivity contribution in [3.63, 3.8) is 0 Å². The van der Waals surface area contributed by atoms with Gasteiger partial charge in [0.15, 0.2) is 0 Å². The van der Waals surface area contributed by atoms with Crippen LogP contribution >= 0.6 is 0 Å². The topological polar surface area (TPSA) is 79.5 Å². The maximum absolute atomic E-state index is 11.7. The van der Waals surface area contributed by atoms with E-state index in [2.05, 4.69) is 16.0 Å².